The van der Waals surface area contributed by atoms with E-state index in [2.05, 4.69) is 15.8 Å². The molecule has 0 bridgehead atoms. The Morgan fingerprint density at radius 1 is 1.09 bits per heavy atom. The number of nitrogens with one attached hydrogen (secondary N) is 2. The van der Waals surface area contributed by atoms with Crippen LogP contribution < -0.4 is 10.7 Å². The number of nitrogens with zero attached hydrogens (tertiary/aromatic N) is 1. The quantitative estimate of drug-likeness (QED) is 0.634. The Bertz CT molecular complexity index is 646. The van der Waals surface area contributed by atoms with Gasteiger partial charge in [0.2, 0.25) is 0 Å². The van der Waals surface area contributed by atoms with Gasteiger partial charge in [-0.1, -0.05) is 54.1 Å². The molecule has 2 aromatic rings. The van der Waals surface area contributed by atoms with Crippen molar-refractivity contribution in [3.8, 4) is 0 Å². The van der Waals surface area contributed by atoms with Crippen LogP contribution in [0.5, 0.6) is 0 Å². The Labute approximate surface area is 130 Å². The van der Waals surface area contributed by atoms with Gasteiger partial charge in [0, 0.05) is 11.9 Å². The summed E-state index contributed by atoms with van der Waals surface area (Å²) in [6.07, 6.45) is 5.25. The highest BCUT2D eigenvalue weighted by Crippen LogP contribution is 2.07. The Morgan fingerprint density at radius 3 is 2.55 bits per heavy atom. The molecule has 0 atom stereocenters. The molecule has 4 nitrogen and oxygen atoms in total. The highest BCUT2D eigenvalue weighted by atomic mass is 16.2. The number of anilines is 1. The molecule has 2 N–H and O–H groups in total. The Hall–Kier alpha value is -2.88. The molecule has 1 amide bonds. The zero-order valence-electron chi connectivity index (χ0n) is 12.5. The largest absolute Gasteiger partial charge is 0.376 e. The molecule has 0 aliphatic rings. The normalized spacial score (nSPS) is 11.0. The second kappa shape index (κ2) is 8.42. The van der Waals surface area contributed by atoms with E-state index in [1.54, 1.807) is 12.3 Å². The van der Waals surface area contributed by atoms with E-state index in [1.807, 2.05) is 67.6 Å². The van der Waals surface area contributed by atoms with Gasteiger partial charge in [0.15, 0.2) is 0 Å². The van der Waals surface area contributed by atoms with E-state index < -0.39 is 0 Å². The Balaban J connectivity index is 1.70. The smallest absolute Gasteiger partial charge is 0.259 e. The summed E-state index contributed by atoms with van der Waals surface area (Å²) in [7, 11) is 0. The molecule has 2 rings (SSSR count). The van der Waals surface area contributed by atoms with Crippen LogP contribution in [0.15, 0.2) is 65.8 Å². The Morgan fingerprint density at radius 2 is 1.82 bits per heavy atom. The highest BCUT2D eigenvalue weighted by molar-refractivity contribution is 5.83. The van der Waals surface area contributed by atoms with Crippen molar-refractivity contribution in [2.24, 2.45) is 5.10 Å². The van der Waals surface area contributed by atoms with Gasteiger partial charge in [0.25, 0.3) is 5.91 Å². The van der Waals surface area contributed by atoms with Crippen molar-refractivity contribution >= 4 is 23.9 Å². The molecule has 0 aliphatic carbocycles. The number of amides is 1. The maximum atomic E-state index is 11.6. The van der Waals surface area contributed by atoms with Crippen molar-refractivity contribution in [3.63, 3.8) is 0 Å². The van der Waals surface area contributed by atoms with Gasteiger partial charge >= 0.3 is 0 Å². The summed E-state index contributed by atoms with van der Waals surface area (Å²) in [5, 5.41) is 6.90. The minimum Gasteiger partial charge on any atom is -0.376 e. The molecule has 0 unspecified atom stereocenters. The molecule has 0 fully saturated rings. The van der Waals surface area contributed by atoms with E-state index in [1.165, 1.54) is 5.56 Å². The molecule has 22 heavy (non-hydrogen) atoms. The average Bonchev–Trinajstić information content (AvgIpc) is 2.55. The number of hydrogen-bond acceptors (Lipinski definition) is 3. The third-order valence-electron chi connectivity index (χ3n) is 2.94. The molecule has 0 spiro atoms. The number of hydrogen-bond donors (Lipinski definition) is 2. The number of allylic oxidation sites excluding steroid dienone is 1. The lowest BCUT2D eigenvalue weighted by Gasteiger charge is -2.05. The van der Waals surface area contributed by atoms with Crippen LogP contribution in [0.4, 0.5) is 5.69 Å². The zero-order valence-corrected chi connectivity index (χ0v) is 12.5. The lowest BCUT2D eigenvalue weighted by molar-refractivity contribution is -0.119. The maximum Gasteiger partial charge on any atom is 0.259 e. The van der Waals surface area contributed by atoms with E-state index in [-0.39, 0.29) is 12.5 Å². The van der Waals surface area contributed by atoms with Crippen LogP contribution in [-0.2, 0) is 4.79 Å². The lowest BCUT2D eigenvalue weighted by atomic mass is 10.2. The Kier molecular flexibility index (Phi) is 5.93. The van der Waals surface area contributed by atoms with Gasteiger partial charge in [-0.3, -0.25) is 4.79 Å². The van der Waals surface area contributed by atoms with Gasteiger partial charge in [0.1, 0.15) is 0 Å². The highest BCUT2D eigenvalue weighted by Gasteiger charge is 1.98. The lowest BCUT2D eigenvalue weighted by Crippen LogP contribution is -2.25. The summed E-state index contributed by atoms with van der Waals surface area (Å²) >= 11 is 0. The SMILES string of the molecule is Cc1ccc(NCC(=O)N/N=C/C=C/c2ccccc2)cc1. The van der Waals surface area contributed by atoms with Crippen LogP contribution in [0.25, 0.3) is 6.08 Å². The molecular formula is C18H19N3O. The molecule has 0 aromatic heterocycles. The molecule has 0 heterocycles. The van der Waals surface area contributed by atoms with Gasteiger partial charge in [-0.2, -0.15) is 5.10 Å². The topological polar surface area (TPSA) is 53.5 Å². The van der Waals surface area contributed by atoms with Gasteiger partial charge in [0.05, 0.1) is 6.54 Å². The van der Waals surface area contributed by atoms with Crippen molar-refractivity contribution in [3.05, 3.63) is 71.8 Å². The fourth-order valence-corrected chi connectivity index (χ4v) is 1.76. The first kappa shape index (κ1) is 15.5. The van der Waals surface area contributed by atoms with Crippen LogP contribution in [0.1, 0.15) is 11.1 Å². The predicted octanol–water partition coefficient (Wildman–Crippen LogP) is 3.22. The van der Waals surface area contributed by atoms with Crippen molar-refractivity contribution in [2.45, 2.75) is 6.92 Å². The maximum absolute atomic E-state index is 11.6. The van der Waals surface area contributed by atoms with Crippen LogP contribution in [0, 0.1) is 6.92 Å². The first-order valence-corrected chi connectivity index (χ1v) is 7.08. The third kappa shape index (κ3) is 5.63. The standard InChI is InChI=1S/C18H19N3O/c1-15-9-11-17(12-10-15)19-14-18(22)21-20-13-5-8-16-6-3-2-4-7-16/h2-13,19H,14H2,1H3,(H,21,22)/b8-5+,20-13+. The van der Waals surface area contributed by atoms with Crippen LogP contribution in [0.3, 0.4) is 0 Å². The molecule has 0 aliphatic heterocycles. The summed E-state index contributed by atoms with van der Waals surface area (Å²) in [5.41, 5.74) is 5.65. The van der Waals surface area contributed by atoms with Crippen LogP contribution >= 0.6 is 0 Å². The van der Waals surface area contributed by atoms with Crippen molar-refractivity contribution in [1.29, 1.82) is 0 Å². The average molecular weight is 293 g/mol. The number of carbonyl (C=O) groups is 1. The third-order valence-corrected chi connectivity index (χ3v) is 2.94. The summed E-state index contributed by atoms with van der Waals surface area (Å²) < 4.78 is 0. The summed E-state index contributed by atoms with van der Waals surface area (Å²) in [5.74, 6) is -0.190. The first-order valence-electron chi connectivity index (χ1n) is 7.08. The summed E-state index contributed by atoms with van der Waals surface area (Å²) in [4.78, 5) is 11.6. The van der Waals surface area contributed by atoms with Crippen LogP contribution in [-0.4, -0.2) is 18.7 Å². The molecular weight excluding hydrogens is 274 g/mol. The van der Waals surface area contributed by atoms with Crippen molar-refractivity contribution in [2.75, 3.05) is 11.9 Å². The fourth-order valence-electron chi connectivity index (χ4n) is 1.76. The fraction of sp³-hybridized carbons (Fsp3) is 0.111. The van der Waals surface area contributed by atoms with Gasteiger partial charge < -0.3 is 5.32 Å². The van der Waals surface area contributed by atoms with Gasteiger partial charge in [-0.15, -0.1) is 0 Å². The number of aryl methyl sites for hydroxylation is 1. The predicted molar refractivity (Wildman–Crippen MR) is 91.8 cm³/mol. The monoisotopic (exact) mass is 293 g/mol. The summed E-state index contributed by atoms with van der Waals surface area (Å²) in [6.45, 7) is 2.21. The van der Waals surface area contributed by atoms with E-state index >= 15 is 0 Å². The molecule has 0 radical (unpaired) electrons. The van der Waals surface area contributed by atoms with E-state index in [9.17, 15) is 4.79 Å². The van der Waals surface area contributed by atoms with Crippen molar-refractivity contribution < 1.29 is 4.79 Å². The minimum absolute atomic E-state index is 0.183. The van der Waals surface area contributed by atoms with Gasteiger partial charge in [-0.05, 0) is 30.7 Å². The number of benzene rings is 2. The molecule has 112 valence electrons. The van der Waals surface area contributed by atoms with E-state index in [0.29, 0.717) is 0 Å². The van der Waals surface area contributed by atoms with Crippen molar-refractivity contribution in [1.82, 2.24) is 5.43 Å². The van der Waals surface area contributed by atoms with Gasteiger partial charge in [-0.25, -0.2) is 5.43 Å². The number of carbonyl (C=O) groups excluding carboxylic acids is 1. The first-order chi connectivity index (χ1) is 10.7. The van der Waals surface area contributed by atoms with E-state index in [0.717, 1.165) is 11.3 Å². The zero-order chi connectivity index (χ0) is 15.6. The number of rotatable bonds is 6. The molecule has 0 saturated heterocycles. The second-order valence-corrected chi connectivity index (χ2v) is 4.80. The van der Waals surface area contributed by atoms with E-state index in [4.69, 9.17) is 0 Å². The number of hydrazone groups is 1. The van der Waals surface area contributed by atoms with Crippen LogP contribution in [0.2, 0.25) is 0 Å². The minimum atomic E-state index is -0.190. The second-order valence-electron chi connectivity index (χ2n) is 4.80. The molecule has 0 saturated carbocycles. The summed E-state index contributed by atoms with van der Waals surface area (Å²) in [6, 6.07) is 17.8. The molecule has 4 heteroatoms. The molecule has 2 aromatic carbocycles.